The molecule has 1 atom stereocenters. The molecule has 8 nitrogen and oxygen atoms in total. The second-order valence-electron chi connectivity index (χ2n) is 4.91. The van der Waals surface area contributed by atoms with Crippen LogP contribution in [0.3, 0.4) is 0 Å². The fourth-order valence-electron chi connectivity index (χ4n) is 2.05. The molecule has 0 saturated carbocycles. The van der Waals surface area contributed by atoms with Gasteiger partial charge < -0.3 is 31.4 Å². The van der Waals surface area contributed by atoms with E-state index in [0.29, 0.717) is 37.4 Å². The number of hydrogen-bond donors (Lipinski definition) is 4. The number of nitrogens with zero attached hydrogens (tertiary/aromatic N) is 1. The Bertz CT molecular complexity index is 544. The smallest absolute Gasteiger partial charge is 0.320 e. The van der Waals surface area contributed by atoms with Crippen LogP contribution >= 0.6 is 0 Å². The molecular weight excluding hydrogens is 300 g/mol. The van der Waals surface area contributed by atoms with E-state index in [9.17, 15) is 9.90 Å². The van der Waals surface area contributed by atoms with E-state index < -0.39 is 12.0 Å². The molecular formula is C15H24N4O4. The largest absolute Gasteiger partial charge is 0.493 e. The Hall–Kier alpha value is -2.48. The molecule has 0 spiro atoms. The summed E-state index contributed by atoms with van der Waals surface area (Å²) in [6, 6.07) is 4.78. The third-order valence-electron chi connectivity index (χ3n) is 3.24. The molecule has 0 aromatic heterocycles. The minimum atomic E-state index is -0.907. The number of carboxylic acid groups (broad SMARTS) is 1. The van der Waals surface area contributed by atoms with Crippen LogP contribution in [0.5, 0.6) is 11.5 Å². The zero-order valence-electron chi connectivity index (χ0n) is 13.4. The monoisotopic (exact) mass is 324 g/mol. The summed E-state index contributed by atoms with van der Waals surface area (Å²) in [6.45, 7) is 0.809. The number of carbonyl (C=O) groups is 1. The quantitative estimate of drug-likeness (QED) is 0.276. The van der Waals surface area contributed by atoms with E-state index in [-0.39, 0.29) is 5.96 Å². The molecule has 23 heavy (non-hydrogen) atoms. The first-order valence-corrected chi connectivity index (χ1v) is 7.20. The summed E-state index contributed by atoms with van der Waals surface area (Å²) in [6.07, 6.45) is 1.01. The van der Waals surface area contributed by atoms with Gasteiger partial charge in [-0.15, -0.1) is 0 Å². The first-order chi connectivity index (χ1) is 11.0. The van der Waals surface area contributed by atoms with Crippen molar-refractivity contribution in [2.75, 3.05) is 20.8 Å². The number of aliphatic imine (C=N–C) groups is 1. The number of ether oxygens (including phenoxy) is 2. The number of guanidine groups is 1. The van der Waals surface area contributed by atoms with Gasteiger partial charge in [0.1, 0.15) is 6.04 Å². The summed E-state index contributed by atoms with van der Waals surface area (Å²) in [5.74, 6) is 0.333. The molecule has 1 aromatic rings. The van der Waals surface area contributed by atoms with Crippen LogP contribution in [0.25, 0.3) is 0 Å². The van der Waals surface area contributed by atoms with Gasteiger partial charge in [0.25, 0.3) is 0 Å². The van der Waals surface area contributed by atoms with Gasteiger partial charge in [-0.3, -0.25) is 9.79 Å². The van der Waals surface area contributed by atoms with Crippen LogP contribution in [0.15, 0.2) is 23.2 Å². The zero-order valence-corrected chi connectivity index (χ0v) is 13.4. The highest BCUT2D eigenvalue weighted by molar-refractivity contribution is 5.75. The van der Waals surface area contributed by atoms with Gasteiger partial charge >= 0.3 is 5.97 Å². The van der Waals surface area contributed by atoms with Gasteiger partial charge in [0.05, 0.1) is 14.2 Å². The van der Waals surface area contributed by atoms with Crippen LogP contribution in [-0.2, 0) is 11.3 Å². The van der Waals surface area contributed by atoms with Crippen molar-refractivity contribution in [3.05, 3.63) is 23.8 Å². The summed E-state index contributed by atoms with van der Waals surface area (Å²) >= 11 is 0. The molecule has 6 N–H and O–H groups in total. The van der Waals surface area contributed by atoms with Crippen LogP contribution in [0.4, 0.5) is 0 Å². The lowest BCUT2D eigenvalue weighted by atomic mass is 10.1. The summed E-state index contributed by atoms with van der Waals surface area (Å²) in [5.41, 5.74) is 11.4. The second kappa shape index (κ2) is 9.52. The number of hydrogen-bond acceptors (Lipinski definition) is 5. The molecule has 0 saturated heterocycles. The lowest BCUT2D eigenvalue weighted by Crippen LogP contribution is -2.36. The van der Waals surface area contributed by atoms with E-state index in [1.807, 2.05) is 12.1 Å². The molecule has 1 aromatic carbocycles. The highest BCUT2D eigenvalue weighted by Crippen LogP contribution is 2.27. The fraction of sp³-hybridized carbons (Fsp3) is 0.467. The van der Waals surface area contributed by atoms with Gasteiger partial charge in [-0.25, -0.2) is 0 Å². The highest BCUT2D eigenvalue weighted by atomic mass is 16.5. The van der Waals surface area contributed by atoms with Gasteiger partial charge in [0.2, 0.25) is 0 Å². The lowest BCUT2D eigenvalue weighted by molar-refractivity contribution is -0.139. The van der Waals surface area contributed by atoms with Crippen molar-refractivity contribution < 1.29 is 19.4 Å². The Kier molecular flexibility index (Phi) is 7.69. The Morgan fingerprint density at radius 2 is 2.00 bits per heavy atom. The van der Waals surface area contributed by atoms with Gasteiger partial charge in [0, 0.05) is 13.1 Å². The number of carboxylic acids is 1. The molecule has 1 unspecified atom stereocenters. The summed E-state index contributed by atoms with van der Waals surface area (Å²) < 4.78 is 10.4. The average molecular weight is 324 g/mol. The van der Waals surface area contributed by atoms with Crippen molar-refractivity contribution >= 4 is 11.9 Å². The normalized spacial score (nSPS) is 11.6. The van der Waals surface area contributed by atoms with E-state index in [0.717, 1.165) is 5.56 Å². The number of aliphatic carboxylic acids is 1. The number of rotatable bonds is 10. The Balaban J connectivity index is 2.58. The van der Waals surface area contributed by atoms with E-state index in [2.05, 4.69) is 10.3 Å². The molecule has 8 heteroatoms. The zero-order chi connectivity index (χ0) is 17.2. The van der Waals surface area contributed by atoms with Crippen LogP contribution in [0, 0.1) is 0 Å². The molecule has 0 amide bonds. The van der Waals surface area contributed by atoms with Crippen LogP contribution in [0.1, 0.15) is 18.4 Å². The minimum Gasteiger partial charge on any atom is -0.493 e. The molecule has 0 bridgehead atoms. The molecule has 0 aliphatic rings. The Labute approximate surface area is 135 Å². The third-order valence-corrected chi connectivity index (χ3v) is 3.24. The van der Waals surface area contributed by atoms with E-state index in [1.54, 1.807) is 20.3 Å². The van der Waals surface area contributed by atoms with Crippen molar-refractivity contribution in [1.82, 2.24) is 5.32 Å². The van der Waals surface area contributed by atoms with Crippen molar-refractivity contribution in [3.8, 4) is 11.5 Å². The van der Waals surface area contributed by atoms with Gasteiger partial charge in [0.15, 0.2) is 17.5 Å². The first-order valence-electron chi connectivity index (χ1n) is 7.20. The number of nitrogens with one attached hydrogen (secondary N) is 1. The topological polar surface area (TPSA) is 132 Å². The van der Waals surface area contributed by atoms with Crippen molar-refractivity contribution in [2.24, 2.45) is 16.5 Å². The number of methoxy groups -OCH3 is 2. The number of benzene rings is 1. The van der Waals surface area contributed by atoms with E-state index in [1.165, 1.54) is 0 Å². The maximum Gasteiger partial charge on any atom is 0.320 e. The predicted octanol–water partition coefficient (Wildman–Crippen LogP) is 0.300. The van der Waals surface area contributed by atoms with Gasteiger partial charge in [-0.05, 0) is 30.5 Å². The highest BCUT2D eigenvalue weighted by Gasteiger charge is 2.16. The Morgan fingerprint density at radius 3 is 2.57 bits per heavy atom. The van der Waals surface area contributed by atoms with Crippen LogP contribution in [0.2, 0.25) is 0 Å². The fourth-order valence-corrected chi connectivity index (χ4v) is 2.05. The number of nitrogens with two attached hydrogens (primary N) is 2. The summed E-state index contributed by atoms with van der Waals surface area (Å²) in [7, 11) is 3.12. The van der Waals surface area contributed by atoms with Gasteiger partial charge in [-0.2, -0.15) is 0 Å². The summed E-state index contributed by atoms with van der Waals surface area (Å²) in [4.78, 5) is 15.1. The van der Waals surface area contributed by atoms with Crippen molar-refractivity contribution in [3.63, 3.8) is 0 Å². The minimum absolute atomic E-state index is 0.00941. The molecule has 0 fully saturated rings. The third kappa shape index (κ3) is 6.43. The second-order valence-corrected chi connectivity index (χ2v) is 4.91. The molecule has 1 rings (SSSR count). The van der Waals surface area contributed by atoms with Gasteiger partial charge in [-0.1, -0.05) is 6.07 Å². The maximum atomic E-state index is 11.3. The predicted molar refractivity (Wildman–Crippen MR) is 87.7 cm³/mol. The Morgan fingerprint density at radius 1 is 1.30 bits per heavy atom. The van der Waals surface area contributed by atoms with Crippen molar-refractivity contribution in [1.29, 1.82) is 0 Å². The standard InChI is InChI=1S/C15H24N4O4/c1-22-12-6-5-10(8-13(12)23-2)9-19-11(14(20)21)4-3-7-18-15(16)17/h5-6,8,11,19H,3-4,7,9H2,1-2H3,(H,20,21)(H4,16,17,18). The molecule has 128 valence electrons. The lowest BCUT2D eigenvalue weighted by Gasteiger charge is -2.15. The van der Waals surface area contributed by atoms with Crippen LogP contribution in [-0.4, -0.2) is 43.8 Å². The van der Waals surface area contributed by atoms with E-state index in [4.69, 9.17) is 20.9 Å². The SMILES string of the molecule is COc1ccc(CNC(CCCN=C(N)N)C(=O)O)cc1OC. The molecule has 0 aliphatic heterocycles. The maximum absolute atomic E-state index is 11.3. The van der Waals surface area contributed by atoms with Crippen molar-refractivity contribution in [2.45, 2.75) is 25.4 Å². The van der Waals surface area contributed by atoms with Crippen LogP contribution < -0.4 is 26.3 Å². The summed E-state index contributed by atoms with van der Waals surface area (Å²) in [5, 5.41) is 12.3. The average Bonchev–Trinajstić information content (AvgIpc) is 2.53. The molecule has 0 aliphatic carbocycles. The molecule has 0 radical (unpaired) electrons. The van der Waals surface area contributed by atoms with E-state index >= 15 is 0 Å². The molecule has 0 heterocycles. The first kappa shape index (κ1) is 18.6.